The van der Waals surface area contributed by atoms with Crippen molar-refractivity contribution >= 4 is 17.5 Å². The first kappa shape index (κ1) is 23.9. The summed E-state index contributed by atoms with van der Waals surface area (Å²) in [5, 5.41) is 6.73. The molecule has 0 atom stereocenters. The summed E-state index contributed by atoms with van der Waals surface area (Å²) in [5.41, 5.74) is 4.34. The molecule has 3 aromatic rings. The maximum absolute atomic E-state index is 12.7. The predicted molar refractivity (Wildman–Crippen MR) is 129 cm³/mol. The average molecular weight is 471 g/mol. The van der Waals surface area contributed by atoms with Gasteiger partial charge in [-0.2, -0.15) is 4.98 Å². The molecule has 0 radical (unpaired) electrons. The second-order valence-corrected chi connectivity index (χ2v) is 9.01. The molecule has 0 amide bonds. The third-order valence-electron chi connectivity index (χ3n) is 5.94. The van der Waals surface area contributed by atoms with E-state index in [1.54, 1.807) is 12.1 Å². The van der Waals surface area contributed by atoms with Crippen molar-refractivity contribution in [2.24, 2.45) is 0 Å². The van der Waals surface area contributed by atoms with Crippen molar-refractivity contribution in [3.8, 4) is 17.0 Å². The fraction of sp³-hybridized carbons (Fsp3) is 0.385. The Labute approximate surface area is 197 Å². The van der Waals surface area contributed by atoms with Crippen molar-refractivity contribution in [3.05, 3.63) is 59.7 Å². The molecule has 1 aromatic heterocycles. The Morgan fingerprint density at radius 1 is 1.00 bits per heavy atom. The topological polar surface area (TPSA) is 59.1 Å². The molecule has 1 aliphatic rings. The van der Waals surface area contributed by atoms with Gasteiger partial charge in [-0.05, 0) is 61.1 Å². The normalized spacial score (nSPS) is 14.4. The summed E-state index contributed by atoms with van der Waals surface area (Å²) >= 11 is 0. The van der Waals surface area contributed by atoms with Crippen LogP contribution in [0.4, 0.5) is 30.6 Å². The average Bonchev–Trinajstić information content (AvgIpc) is 3.25. The van der Waals surface area contributed by atoms with E-state index in [2.05, 4.69) is 58.2 Å². The summed E-state index contributed by atoms with van der Waals surface area (Å²) in [6.45, 7) is 6.39. The van der Waals surface area contributed by atoms with Crippen molar-refractivity contribution < 1.29 is 17.9 Å². The number of nitrogens with one attached hydrogen (secondary N) is 2. The highest BCUT2D eigenvalue weighted by atomic mass is 19.4. The van der Waals surface area contributed by atoms with Gasteiger partial charge in [-0.1, -0.05) is 44.9 Å². The Morgan fingerprint density at radius 2 is 1.76 bits per heavy atom. The van der Waals surface area contributed by atoms with Crippen LogP contribution in [0.15, 0.2) is 48.5 Å². The minimum Gasteiger partial charge on any atom is -0.406 e. The number of anilines is 3. The van der Waals surface area contributed by atoms with Gasteiger partial charge in [0.15, 0.2) is 0 Å². The van der Waals surface area contributed by atoms with Gasteiger partial charge >= 0.3 is 6.36 Å². The van der Waals surface area contributed by atoms with E-state index < -0.39 is 6.36 Å². The van der Waals surface area contributed by atoms with Crippen LogP contribution in [0.5, 0.6) is 5.75 Å². The van der Waals surface area contributed by atoms with Crippen molar-refractivity contribution in [3.63, 3.8) is 0 Å². The van der Waals surface area contributed by atoms with Crippen LogP contribution in [0.25, 0.3) is 11.3 Å². The Hall–Kier alpha value is -3.29. The molecule has 2 N–H and O–H groups in total. The standard InChI is InChI=1S/C26H29F3N4O/c1-16(2)22-12-11-20(13-17(22)3)30-24-15-23(32-25(33-24)31-19-8-4-5-9-19)18-7-6-10-21(14-18)34-26(27,28)29/h6-7,10-16,19H,4-5,8-9H2,1-3H3,(H2,30,31,32,33). The summed E-state index contributed by atoms with van der Waals surface area (Å²) in [6, 6.07) is 14.0. The van der Waals surface area contributed by atoms with Gasteiger partial charge in [0.25, 0.3) is 0 Å². The molecule has 0 bridgehead atoms. The van der Waals surface area contributed by atoms with Crippen molar-refractivity contribution in [1.82, 2.24) is 9.97 Å². The smallest absolute Gasteiger partial charge is 0.406 e. The minimum atomic E-state index is -4.76. The van der Waals surface area contributed by atoms with Gasteiger partial charge in [0, 0.05) is 23.4 Å². The lowest BCUT2D eigenvalue weighted by atomic mass is 9.98. The van der Waals surface area contributed by atoms with Crippen LogP contribution in [0, 0.1) is 6.92 Å². The van der Waals surface area contributed by atoms with E-state index in [0.29, 0.717) is 28.9 Å². The number of aryl methyl sites for hydroxylation is 1. The summed E-state index contributed by atoms with van der Waals surface area (Å²) in [4.78, 5) is 9.24. The van der Waals surface area contributed by atoms with Gasteiger partial charge in [0.05, 0.1) is 5.69 Å². The van der Waals surface area contributed by atoms with E-state index in [9.17, 15) is 13.2 Å². The maximum atomic E-state index is 12.7. The lowest BCUT2D eigenvalue weighted by molar-refractivity contribution is -0.274. The van der Waals surface area contributed by atoms with Crippen LogP contribution in [0.2, 0.25) is 0 Å². The Morgan fingerprint density at radius 3 is 2.44 bits per heavy atom. The highest BCUT2D eigenvalue weighted by Crippen LogP contribution is 2.31. The summed E-state index contributed by atoms with van der Waals surface area (Å²) in [7, 11) is 0. The summed E-state index contributed by atoms with van der Waals surface area (Å²) in [5.74, 6) is 1.14. The number of nitrogens with zero attached hydrogens (tertiary/aromatic N) is 2. The second-order valence-electron chi connectivity index (χ2n) is 9.01. The Balaban J connectivity index is 1.67. The third kappa shape index (κ3) is 6.18. The number of rotatable bonds is 7. The highest BCUT2D eigenvalue weighted by molar-refractivity contribution is 5.69. The van der Waals surface area contributed by atoms with Crippen LogP contribution < -0.4 is 15.4 Å². The number of alkyl halides is 3. The second kappa shape index (κ2) is 9.91. The van der Waals surface area contributed by atoms with Gasteiger partial charge in [-0.25, -0.2) is 4.98 Å². The third-order valence-corrected chi connectivity index (χ3v) is 5.94. The molecular formula is C26H29F3N4O. The number of hydrogen-bond acceptors (Lipinski definition) is 5. The monoisotopic (exact) mass is 470 g/mol. The van der Waals surface area contributed by atoms with E-state index in [1.165, 1.54) is 29.3 Å². The fourth-order valence-electron chi connectivity index (χ4n) is 4.38. The van der Waals surface area contributed by atoms with Crippen molar-refractivity contribution in [2.75, 3.05) is 10.6 Å². The van der Waals surface area contributed by atoms with Crippen LogP contribution in [-0.4, -0.2) is 22.4 Å². The van der Waals surface area contributed by atoms with Gasteiger partial charge < -0.3 is 15.4 Å². The fourth-order valence-corrected chi connectivity index (χ4v) is 4.38. The van der Waals surface area contributed by atoms with E-state index in [1.807, 2.05) is 6.07 Å². The van der Waals surface area contributed by atoms with Crippen molar-refractivity contribution in [2.45, 2.75) is 64.8 Å². The molecule has 8 heteroatoms. The summed E-state index contributed by atoms with van der Waals surface area (Å²) in [6.07, 6.45) is -0.365. The van der Waals surface area contributed by atoms with Crippen LogP contribution >= 0.6 is 0 Å². The van der Waals surface area contributed by atoms with Crippen LogP contribution in [-0.2, 0) is 0 Å². The highest BCUT2D eigenvalue weighted by Gasteiger charge is 2.31. The van der Waals surface area contributed by atoms with Crippen LogP contribution in [0.1, 0.15) is 56.6 Å². The molecule has 0 saturated heterocycles. The lowest BCUT2D eigenvalue weighted by Gasteiger charge is -2.16. The van der Waals surface area contributed by atoms with E-state index in [-0.39, 0.29) is 11.8 Å². The van der Waals surface area contributed by atoms with Gasteiger partial charge in [0.2, 0.25) is 5.95 Å². The summed E-state index contributed by atoms with van der Waals surface area (Å²) < 4.78 is 42.2. The minimum absolute atomic E-state index is 0.288. The molecule has 1 aliphatic carbocycles. The number of ether oxygens (including phenoxy) is 1. The molecular weight excluding hydrogens is 441 g/mol. The first-order valence-corrected chi connectivity index (χ1v) is 11.6. The molecule has 34 heavy (non-hydrogen) atoms. The van der Waals surface area contributed by atoms with Gasteiger partial charge in [-0.15, -0.1) is 13.2 Å². The Kier molecular flexibility index (Phi) is 6.95. The number of hydrogen-bond donors (Lipinski definition) is 2. The van der Waals surface area contributed by atoms with Gasteiger partial charge in [-0.3, -0.25) is 0 Å². The molecule has 180 valence electrons. The molecule has 0 unspecified atom stereocenters. The largest absolute Gasteiger partial charge is 0.573 e. The Bertz CT molecular complexity index is 1140. The molecule has 0 spiro atoms. The zero-order valence-electron chi connectivity index (χ0n) is 19.5. The molecule has 4 rings (SSSR count). The quantitative estimate of drug-likeness (QED) is 0.373. The molecule has 1 saturated carbocycles. The first-order chi connectivity index (χ1) is 16.2. The van der Waals surface area contributed by atoms with E-state index in [4.69, 9.17) is 0 Å². The number of aromatic nitrogens is 2. The number of halogens is 3. The van der Waals surface area contributed by atoms with E-state index in [0.717, 1.165) is 31.4 Å². The zero-order valence-corrected chi connectivity index (χ0v) is 19.5. The number of benzene rings is 2. The molecule has 2 aromatic carbocycles. The molecule has 5 nitrogen and oxygen atoms in total. The first-order valence-electron chi connectivity index (χ1n) is 11.6. The molecule has 0 aliphatic heterocycles. The predicted octanol–water partition coefficient (Wildman–Crippen LogP) is 7.57. The van der Waals surface area contributed by atoms with E-state index >= 15 is 0 Å². The SMILES string of the molecule is Cc1cc(Nc2cc(-c3cccc(OC(F)(F)F)c3)nc(NC3CCCC3)n2)ccc1C(C)C. The molecule has 1 fully saturated rings. The van der Waals surface area contributed by atoms with Gasteiger partial charge in [0.1, 0.15) is 11.6 Å². The maximum Gasteiger partial charge on any atom is 0.573 e. The zero-order chi connectivity index (χ0) is 24.3. The lowest BCUT2D eigenvalue weighted by Crippen LogP contribution is -2.17. The van der Waals surface area contributed by atoms with Crippen molar-refractivity contribution in [1.29, 1.82) is 0 Å². The molecule has 1 heterocycles. The van der Waals surface area contributed by atoms with Crippen LogP contribution in [0.3, 0.4) is 0 Å².